The number of amidine groups is 2. The van der Waals surface area contributed by atoms with Crippen molar-refractivity contribution in [2.24, 2.45) is 21.5 Å². The van der Waals surface area contributed by atoms with Gasteiger partial charge in [-0.25, -0.2) is 4.99 Å². The van der Waals surface area contributed by atoms with E-state index in [-0.39, 0.29) is 6.04 Å². The zero-order valence-electron chi connectivity index (χ0n) is 9.05. The average molecular weight is 234 g/mol. The molecule has 1 atom stereocenters. The van der Waals surface area contributed by atoms with Crippen molar-refractivity contribution in [1.29, 1.82) is 0 Å². The van der Waals surface area contributed by atoms with E-state index < -0.39 is 0 Å². The summed E-state index contributed by atoms with van der Waals surface area (Å²) >= 11 is 1.59. The maximum Gasteiger partial charge on any atom is 0.154 e. The van der Waals surface area contributed by atoms with Crippen molar-refractivity contribution in [2.75, 3.05) is 5.75 Å². The van der Waals surface area contributed by atoms with E-state index in [9.17, 15) is 0 Å². The molecule has 0 aromatic heterocycles. The lowest BCUT2D eigenvalue weighted by Gasteiger charge is -2.06. The fraction of sp³-hybridized carbons (Fsp3) is 0.273. The molecule has 0 aliphatic carbocycles. The van der Waals surface area contributed by atoms with E-state index in [0.717, 1.165) is 17.0 Å². The number of hydrogen-bond acceptors (Lipinski definition) is 4. The first-order valence-corrected chi connectivity index (χ1v) is 6.00. The second-order valence-corrected chi connectivity index (χ2v) is 4.68. The van der Waals surface area contributed by atoms with Gasteiger partial charge in [0.2, 0.25) is 0 Å². The molecule has 84 valence electrons. The van der Waals surface area contributed by atoms with Gasteiger partial charge >= 0.3 is 0 Å². The number of nitrogens with two attached hydrogens (primary N) is 2. The summed E-state index contributed by atoms with van der Waals surface area (Å²) in [5, 5.41) is 0.661. The van der Waals surface area contributed by atoms with E-state index in [4.69, 9.17) is 11.5 Å². The molecule has 4 N–H and O–H groups in total. The molecule has 1 unspecified atom stereocenters. The van der Waals surface area contributed by atoms with Crippen LogP contribution in [0.15, 0.2) is 34.3 Å². The van der Waals surface area contributed by atoms with Crippen molar-refractivity contribution in [3.63, 3.8) is 0 Å². The smallest absolute Gasteiger partial charge is 0.154 e. The number of hydrogen-bond donors (Lipinski definition) is 2. The largest absolute Gasteiger partial charge is 0.387 e. The van der Waals surface area contributed by atoms with Crippen molar-refractivity contribution >= 4 is 28.5 Å². The summed E-state index contributed by atoms with van der Waals surface area (Å²) in [7, 11) is 0. The van der Waals surface area contributed by atoms with E-state index in [2.05, 4.69) is 9.98 Å². The quantitative estimate of drug-likeness (QED) is 0.605. The predicted octanol–water partition coefficient (Wildman–Crippen LogP) is 1.80. The molecule has 0 amide bonds. The fourth-order valence-corrected chi connectivity index (χ4v) is 2.37. The molecule has 0 bridgehead atoms. The number of nitrogens with zero attached hydrogens (tertiary/aromatic N) is 2. The molecule has 0 spiro atoms. The van der Waals surface area contributed by atoms with Crippen LogP contribution in [0.1, 0.15) is 18.5 Å². The summed E-state index contributed by atoms with van der Waals surface area (Å²) < 4.78 is 0. The van der Waals surface area contributed by atoms with Crippen LogP contribution in [0.25, 0.3) is 0 Å². The molecule has 0 fully saturated rings. The highest BCUT2D eigenvalue weighted by Gasteiger charge is 2.17. The zero-order valence-corrected chi connectivity index (χ0v) is 9.87. The third-order valence-corrected chi connectivity index (χ3v) is 3.12. The fourth-order valence-electron chi connectivity index (χ4n) is 1.57. The molecule has 1 aromatic rings. The Kier molecular flexibility index (Phi) is 3.14. The van der Waals surface area contributed by atoms with E-state index in [1.807, 2.05) is 24.3 Å². The van der Waals surface area contributed by atoms with Gasteiger partial charge in [0.25, 0.3) is 0 Å². The van der Waals surface area contributed by atoms with Gasteiger partial charge in [0.05, 0.1) is 17.6 Å². The molecule has 0 saturated carbocycles. The summed E-state index contributed by atoms with van der Waals surface area (Å²) in [6.07, 6.45) is 0. The van der Waals surface area contributed by atoms with Crippen molar-refractivity contribution < 1.29 is 0 Å². The van der Waals surface area contributed by atoms with Crippen LogP contribution in [-0.2, 0) is 0 Å². The highest BCUT2D eigenvalue weighted by molar-refractivity contribution is 8.14. The highest BCUT2D eigenvalue weighted by Crippen LogP contribution is 2.30. The Morgan fingerprint density at radius 2 is 2.38 bits per heavy atom. The summed E-state index contributed by atoms with van der Waals surface area (Å²) in [6.45, 7) is 1.77. The lowest BCUT2D eigenvalue weighted by atomic mass is 10.1. The normalized spacial score (nSPS) is 20.9. The van der Waals surface area contributed by atoms with Gasteiger partial charge in [-0.3, -0.25) is 4.99 Å². The zero-order chi connectivity index (χ0) is 11.5. The lowest BCUT2D eigenvalue weighted by Crippen LogP contribution is -2.04. The average Bonchev–Trinajstić information content (AvgIpc) is 2.64. The van der Waals surface area contributed by atoms with Gasteiger partial charge in [0, 0.05) is 5.75 Å². The third-order valence-electron chi connectivity index (χ3n) is 2.23. The van der Waals surface area contributed by atoms with Crippen LogP contribution in [0.3, 0.4) is 0 Å². The lowest BCUT2D eigenvalue weighted by molar-refractivity contribution is 0.848. The molecule has 1 heterocycles. The number of thioether (sulfide) groups is 1. The van der Waals surface area contributed by atoms with Crippen LogP contribution in [-0.4, -0.2) is 16.8 Å². The van der Waals surface area contributed by atoms with Gasteiger partial charge in [0.15, 0.2) is 5.17 Å². The summed E-state index contributed by atoms with van der Waals surface area (Å²) in [6, 6.07) is 8.08. The van der Waals surface area contributed by atoms with Gasteiger partial charge < -0.3 is 11.5 Å². The van der Waals surface area contributed by atoms with E-state index in [1.54, 1.807) is 18.7 Å². The van der Waals surface area contributed by atoms with Gasteiger partial charge in [-0.2, -0.15) is 0 Å². The van der Waals surface area contributed by atoms with E-state index in [1.165, 1.54) is 0 Å². The molecule has 1 aliphatic rings. The molecule has 4 nitrogen and oxygen atoms in total. The minimum Gasteiger partial charge on any atom is -0.387 e. The standard InChI is InChI=1S/C11H14N4S/c1-7(12)14-9-4-2-3-8(5-9)10-6-16-11(13)15-10/h2-5,10H,6H2,1H3,(H2,12,14)(H2,13,15). The van der Waals surface area contributed by atoms with Gasteiger partial charge in [-0.1, -0.05) is 23.9 Å². The van der Waals surface area contributed by atoms with E-state index >= 15 is 0 Å². The minimum absolute atomic E-state index is 0.151. The monoisotopic (exact) mass is 234 g/mol. The predicted molar refractivity (Wildman–Crippen MR) is 70.2 cm³/mol. The molecule has 5 heteroatoms. The number of aliphatic imine (C=N–C) groups is 2. The van der Waals surface area contributed by atoms with Crippen LogP contribution in [0.5, 0.6) is 0 Å². The first kappa shape index (κ1) is 11.0. The van der Waals surface area contributed by atoms with Gasteiger partial charge in [-0.15, -0.1) is 0 Å². The van der Waals surface area contributed by atoms with Crippen LogP contribution in [0.2, 0.25) is 0 Å². The van der Waals surface area contributed by atoms with Crippen molar-refractivity contribution in [1.82, 2.24) is 0 Å². The SMILES string of the molecule is CC(N)=Nc1cccc(C2CSC(N)=N2)c1. The van der Waals surface area contributed by atoms with Crippen molar-refractivity contribution in [3.8, 4) is 0 Å². The van der Waals surface area contributed by atoms with Crippen LogP contribution < -0.4 is 11.5 Å². The van der Waals surface area contributed by atoms with Crippen LogP contribution in [0.4, 0.5) is 5.69 Å². The number of rotatable bonds is 2. The Morgan fingerprint density at radius 1 is 1.56 bits per heavy atom. The minimum atomic E-state index is 0.151. The summed E-state index contributed by atoms with van der Waals surface area (Å²) in [4.78, 5) is 8.58. The third kappa shape index (κ3) is 2.55. The molecular weight excluding hydrogens is 220 g/mol. The summed E-state index contributed by atoms with van der Waals surface area (Å²) in [5.74, 6) is 1.46. The second-order valence-electron chi connectivity index (χ2n) is 3.64. The van der Waals surface area contributed by atoms with Crippen LogP contribution in [0, 0.1) is 0 Å². The first-order chi connectivity index (χ1) is 7.65. The summed E-state index contributed by atoms with van der Waals surface area (Å²) in [5.41, 5.74) is 13.2. The Labute approximate surface area is 98.8 Å². The topological polar surface area (TPSA) is 76.8 Å². The molecular formula is C11H14N4S. The molecule has 16 heavy (non-hydrogen) atoms. The van der Waals surface area contributed by atoms with Crippen LogP contribution >= 0.6 is 11.8 Å². The van der Waals surface area contributed by atoms with Gasteiger partial charge in [0.1, 0.15) is 0 Å². The molecule has 1 aliphatic heterocycles. The Hall–Kier alpha value is -1.49. The molecule has 1 aromatic carbocycles. The van der Waals surface area contributed by atoms with Gasteiger partial charge in [-0.05, 0) is 24.6 Å². The maximum absolute atomic E-state index is 5.65. The van der Waals surface area contributed by atoms with Crippen molar-refractivity contribution in [2.45, 2.75) is 13.0 Å². The Bertz CT molecular complexity index is 449. The molecule has 0 saturated heterocycles. The maximum atomic E-state index is 5.65. The van der Waals surface area contributed by atoms with Crippen molar-refractivity contribution in [3.05, 3.63) is 29.8 Å². The first-order valence-electron chi connectivity index (χ1n) is 5.02. The molecule has 2 rings (SSSR count). The number of benzene rings is 1. The molecule has 0 radical (unpaired) electrons. The Morgan fingerprint density at radius 3 is 3.00 bits per heavy atom. The van der Waals surface area contributed by atoms with E-state index in [0.29, 0.717) is 11.0 Å². The Balaban J connectivity index is 2.26. The second kappa shape index (κ2) is 4.57. The highest BCUT2D eigenvalue weighted by atomic mass is 32.2.